The van der Waals surface area contributed by atoms with E-state index in [-0.39, 0.29) is 12.5 Å². The minimum atomic E-state index is -4.30. The fourth-order valence-corrected chi connectivity index (χ4v) is 3.28. The van der Waals surface area contributed by atoms with Crippen LogP contribution in [0.4, 0.5) is 0 Å². The monoisotopic (exact) mass is 350 g/mol. The molecule has 0 aromatic heterocycles. The average molecular weight is 351 g/mol. The van der Waals surface area contributed by atoms with Crippen LogP contribution >= 0.6 is 0 Å². The Morgan fingerprint density at radius 1 is 0.739 bits per heavy atom. The van der Waals surface area contributed by atoms with Gasteiger partial charge in [-0.2, -0.15) is 8.42 Å². The SMILES string of the molecule is CCCCCCCCCC(CCCCCCC)COS(=O)(=O)O. The third kappa shape index (κ3) is 18.1. The molecule has 0 heterocycles. The quantitative estimate of drug-likeness (QED) is 0.261. The van der Waals surface area contributed by atoms with Crippen LogP contribution in [0, 0.1) is 5.92 Å². The molecule has 0 saturated heterocycles. The van der Waals surface area contributed by atoms with E-state index >= 15 is 0 Å². The topological polar surface area (TPSA) is 63.6 Å². The maximum atomic E-state index is 10.8. The molecule has 0 bridgehead atoms. The third-order valence-electron chi connectivity index (χ3n) is 4.38. The predicted octanol–water partition coefficient (Wildman–Crippen LogP) is 5.92. The van der Waals surface area contributed by atoms with E-state index in [4.69, 9.17) is 4.55 Å². The molecule has 1 N–H and O–H groups in total. The van der Waals surface area contributed by atoms with Crippen molar-refractivity contribution in [3.05, 3.63) is 0 Å². The van der Waals surface area contributed by atoms with Gasteiger partial charge in [-0.3, -0.25) is 4.55 Å². The molecule has 0 amide bonds. The van der Waals surface area contributed by atoms with Gasteiger partial charge >= 0.3 is 10.4 Å². The van der Waals surface area contributed by atoms with E-state index in [1.165, 1.54) is 64.2 Å². The van der Waals surface area contributed by atoms with E-state index in [1.807, 2.05) is 0 Å². The maximum absolute atomic E-state index is 10.8. The molecule has 4 nitrogen and oxygen atoms in total. The number of hydrogen-bond donors (Lipinski definition) is 1. The highest BCUT2D eigenvalue weighted by molar-refractivity contribution is 7.80. The number of hydrogen-bond acceptors (Lipinski definition) is 3. The van der Waals surface area contributed by atoms with Crippen LogP contribution < -0.4 is 0 Å². The second-order valence-corrected chi connectivity index (χ2v) is 7.78. The fraction of sp³-hybridized carbons (Fsp3) is 1.00. The van der Waals surface area contributed by atoms with Gasteiger partial charge in [-0.25, -0.2) is 4.18 Å². The van der Waals surface area contributed by atoms with E-state index in [1.54, 1.807) is 0 Å². The van der Waals surface area contributed by atoms with Crippen molar-refractivity contribution in [3.8, 4) is 0 Å². The number of unbranched alkanes of at least 4 members (excludes halogenated alkanes) is 10. The van der Waals surface area contributed by atoms with Gasteiger partial charge in [0.05, 0.1) is 6.61 Å². The molecule has 23 heavy (non-hydrogen) atoms. The lowest BCUT2D eigenvalue weighted by molar-refractivity contribution is 0.204. The van der Waals surface area contributed by atoms with Crippen LogP contribution in [0.5, 0.6) is 0 Å². The van der Waals surface area contributed by atoms with E-state index in [2.05, 4.69) is 18.0 Å². The Hall–Kier alpha value is -0.130. The summed E-state index contributed by atoms with van der Waals surface area (Å²) in [5, 5.41) is 0. The van der Waals surface area contributed by atoms with Crippen LogP contribution in [-0.4, -0.2) is 19.6 Å². The third-order valence-corrected chi connectivity index (χ3v) is 4.82. The highest BCUT2D eigenvalue weighted by Crippen LogP contribution is 2.20. The normalized spacial score (nSPS) is 13.3. The molecule has 1 unspecified atom stereocenters. The first-order valence-electron chi connectivity index (χ1n) is 9.61. The van der Waals surface area contributed by atoms with Gasteiger partial charge in [0.25, 0.3) is 0 Å². The molecule has 0 aliphatic rings. The molecule has 0 aliphatic carbocycles. The van der Waals surface area contributed by atoms with Gasteiger partial charge in [-0.05, 0) is 18.8 Å². The van der Waals surface area contributed by atoms with Crippen molar-refractivity contribution >= 4 is 10.4 Å². The Bertz CT molecular complexity index is 341. The summed E-state index contributed by atoms with van der Waals surface area (Å²) in [7, 11) is -4.30. The van der Waals surface area contributed by atoms with Gasteiger partial charge in [0, 0.05) is 0 Å². The van der Waals surface area contributed by atoms with Crippen molar-refractivity contribution in [1.82, 2.24) is 0 Å². The molecule has 0 spiro atoms. The smallest absolute Gasteiger partial charge is 0.264 e. The summed E-state index contributed by atoms with van der Waals surface area (Å²) in [5.74, 6) is 0.245. The second kappa shape index (κ2) is 15.4. The fourth-order valence-electron chi connectivity index (χ4n) is 2.92. The van der Waals surface area contributed by atoms with E-state index in [0.29, 0.717) is 0 Å². The van der Waals surface area contributed by atoms with Crippen LogP contribution in [-0.2, 0) is 14.6 Å². The number of rotatable bonds is 17. The van der Waals surface area contributed by atoms with Crippen LogP contribution in [0.1, 0.15) is 104 Å². The van der Waals surface area contributed by atoms with Crippen molar-refractivity contribution in [2.45, 2.75) is 104 Å². The predicted molar refractivity (Wildman–Crippen MR) is 97.0 cm³/mol. The van der Waals surface area contributed by atoms with Gasteiger partial charge in [0.2, 0.25) is 0 Å². The zero-order chi connectivity index (χ0) is 17.4. The molecule has 0 aromatic carbocycles. The van der Waals surface area contributed by atoms with Crippen LogP contribution in [0.2, 0.25) is 0 Å². The molecule has 0 rings (SSSR count). The summed E-state index contributed by atoms with van der Waals surface area (Å²) in [5.41, 5.74) is 0. The summed E-state index contributed by atoms with van der Waals surface area (Å²) in [6, 6.07) is 0. The summed E-state index contributed by atoms with van der Waals surface area (Å²) < 4.78 is 34.9. The van der Waals surface area contributed by atoms with Gasteiger partial charge in [0.15, 0.2) is 0 Å². The maximum Gasteiger partial charge on any atom is 0.397 e. The van der Waals surface area contributed by atoms with Gasteiger partial charge in [-0.1, -0.05) is 90.9 Å². The summed E-state index contributed by atoms with van der Waals surface area (Å²) in [6.45, 7) is 4.55. The van der Waals surface area contributed by atoms with Crippen molar-refractivity contribution in [3.63, 3.8) is 0 Å². The van der Waals surface area contributed by atoms with Crippen molar-refractivity contribution in [2.24, 2.45) is 5.92 Å². The summed E-state index contributed by atoms with van der Waals surface area (Å²) in [6.07, 6.45) is 16.9. The standard InChI is InChI=1S/C18H38O4S/c1-3-5-7-9-10-12-14-16-18(17-22-23(19,20)21)15-13-11-8-6-4-2/h18H,3-17H2,1-2H3,(H,19,20,21). The highest BCUT2D eigenvalue weighted by atomic mass is 32.3. The molecule has 140 valence electrons. The van der Waals surface area contributed by atoms with E-state index < -0.39 is 10.4 Å². The lowest BCUT2D eigenvalue weighted by Gasteiger charge is -2.16. The Balaban J connectivity index is 3.87. The first kappa shape index (κ1) is 22.9. The molecule has 5 heteroatoms. The Kier molecular flexibility index (Phi) is 15.3. The first-order valence-corrected chi connectivity index (χ1v) is 11.0. The Morgan fingerprint density at radius 3 is 1.52 bits per heavy atom. The second-order valence-electron chi connectivity index (χ2n) is 6.69. The summed E-state index contributed by atoms with van der Waals surface area (Å²) >= 11 is 0. The van der Waals surface area contributed by atoms with Crippen molar-refractivity contribution in [1.29, 1.82) is 0 Å². The minimum absolute atomic E-state index is 0.127. The molecule has 0 radical (unpaired) electrons. The lowest BCUT2D eigenvalue weighted by atomic mass is 9.95. The van der Waals surface area contributed by atoms with E-state index in [0.717, 1.165) is 25.7 Å². The molecular weight excluding hydrogens is 312 g/mol. The van der Waals surface area contributed by atoms with Crippen molar-refractivity contribution < 1.29 is 17.2 Å². The van der Waals surface area contributed by atoms with Crippen LogP contribution in [0.3, 0.4) is 0 Å². The minimum Gasteiger partial charge on any atom is -0.264 e. The summed E-state index contributed by atoms with van der Waals surface area (Å²) in [4.78, 5) is 0. The van der Waals surface area contributed by atoms with E-state index in [9.17, 15) is 8.42 Å². The Labute approximate surface area is 144 Å². The highest BCUT2D eigenvalue weighted by Gasteiger charge is 2.13. The van der Waals surface area contributed by atoms with Gasteiger partial charge in [0.1, 0.15) is 0 Å². The van der Waals surface area contributed by atoms with Crippen LogP contribution in [0.15, 0.2) is 0 Å². The molecular formula is C18H38O4S. The zero-order valence-corrected chi connectivity index (χ0v) is 16.1. The molecule has 0 aliphatic heterocycles. The lowest BCUT2D eigenvalue weighted by Crippen LogP contribution is -2.14. The molecule has 0 fully saturated rings. The Morgan fingerprint density at radius 2 is 1.13 bits per heavy atom. The zero-order valence-electron chi connectivity index (χ0n) is 15.3. The molecule has 0 saturated carbocycles. The van der Waals surface area contributed by atoms with Crippen LogP contribution in [0.25, 0.3) is 0 Å². The van der Waals surface area contributed by atoms with Crippen molar-refractivity contribution in [2.75, 3.05) is 6.61 Å². The first-order chi connectivity index (χ1) is 11.0. The van der Waals surface area contributed by atoms with Gasteiger partial charge in [-0.15, -0.1) is 0 Å². The average Bonchev–Trinajstić information content (AvgIpc) is 2.49. The largest absolute Gasteiger partial charge is 0.397 e. The van der Waals surface area contributed by atoms with Gasteiger partial charge < -0.3 is 0 Å². The molecule has 1 atom stereocenters. The molecule has 0 aromatic rings.